The van der Waals surface area contributed by atoms with Crippen LogP contribution in [0.15, 0.2) is 30.3 Å². The average Bonchev–Trinajstić information content (AvgIpc) is 2.19. The quantitative estimate of drug-likeness (QED) is 0.566. The number of hydrogen-bond donors (Lipinski definition) is 0. The molecular formula is C10H7Br3O2. The summed E-state index contributed by atoms with van der Waals surface area (Å²) < 4.78 is 9.53. The molecule has 0 fully saturated rings. The maximum Gasteiger partial charge on any atom is 0.274 e. The van der Waals surface area contributed by atoms with Gasteiger partial charge in [0.25, 0.3) is 3.42 Å². The summed E-state index contributed by atoms with van der Waals surface area (Å²) >= 11 is 9.79. The number of ether oxygens (including phenoxy) is 2. The third-order valence-corrected chi connectivity index (χ3v) is 4.66. The third kappa shape index (κ3) is 4.06. The highest BCUT2D eigenvalue weighted by Crippen LogP contribution is 2.37. The summed E-state index contributed by atoms with van der Waals surface area (Å²) in [4.78, 5) is 0. The van der Waals surface area contributed by atoms with Crippen LogP contribution in [0.25, 0.3) is 0 Å². The van der Waals surface area contributed by atoms with E-state index < -0.39 is 8.43 Å². The van der Waals surface area contributed by atoms with E-state index in [0.717, 1.165) is 0 Å². The van der Waals surface area contributed by atoms with E-state index in [2.05, 4.69) is 53.9 Å². The van der Waals surface area contributed by atoms with Gasteiger partial charge in [0.2, 0.25) is 5.01 Å². The normalized spacial score (nSPS) is 12.7. The first-order chi connectivity index (χ1) is 7.06. The van der Waals surface area contributed by atoms with Crippen molar-refractivity contribution in [3.8, 4) is 18.3 Å². The van der Waals surface area contributed by atoms with Crippen LogP contribution in [0.1, 0.15) is 0 Å². The van der Waals surface area contributed by atoms with Gasteiger partial charge in [-0.2, -0.15) is 0 Å². The van der Waals surface area contributed by atoms with Crippen LogP contribution in [-0.2, 0) is 4.74 Å². The molecule has 1 atom stereocenters. The number of terminal acetylenes is 1. The maximum atomic E-state index is 5.53. The molecule has 5 heteroatoms. The van der Waals surface area contributed by atoms with E-state index in [0.29, 0.717) is 5.75 Å². The predicted octanol–water partition coefficient (Wildman–Crippen LogP) is 3.84. The van der Waals surface area contributed by atoms with Crippen LogP contribution < -0.4 is 4.74 Å². The lowest BCUT2D eigenvalue weighted by Crippen LogP contribution is -2.31. The zero-order chi connectivity index (χ0) is 11.3. The number of halogens is 3. The highest BCUT2D eigenvalue weighted by molar-refractivity contribution is 9.26. The van der Waals surface area contributed by atoms with Crippen molar-refractivity contribution in [2.75, 3.05) is 0 Å². The summed E-state index contributed by atoms with van der Waals surface area (Å²) in [5.74, 6) is 0.711. The molecule has 0 saturated heterocycles. The number of benzene rings is 1. The van der Waals surface area contributed by atoms with Gasteiger partial charge < -0.3 is 9.47 Å². The lowest BCUT2D eigenvalue weighted by molar-refractivity contribution is 0.137. The van der Waals surface area contributed by atoms with Gasteiger partial charge in [-0.3, -0.25) is 0 Å². The molecule has 0 heterocycles. The fraction of sp³-hybridized carbons (Fsp3) is 0.200. The molecule has 1 unspecified atom stereocenters. The van der Waals surface area contributed by atoms with E-state index in [1.807, 2.05) is 30.3 Å². The smallest absolute Gasteiger partial charge is 0.274 e. The summed E-state index contributed by atoms with van der Waals surface area (Å²) in [6, 6.07) is 9.33. The first-order valence-electron chi connectivity index (χ1n) is 3.93. The van der Waals surface area contributed by atoms with E-state index in [-0.39, 0.29) is 0 Å². The fourth-order valence-electron chi connectivity index (χ4n) is 0.812. The van der Waals surface area contributed by atoms with E-state index in [4.69, 9.17) is 15.9 Å². The maximum absolute atomic E-state index is 5.53. The summed E-state index contributed by atoms with van der Waals surface area (Å²) in [6.07, 6.45) is 7.11. The van der Waals surface area contributed by atoms with Crippen molar-refractivity contribution in [2.45, 2.75) is 8.43 Å². The topological polar surface area (TPSA) is 18.5 Å². The van der Waals surface area contributed by atoms with Crippen molar-refractivity contribution in [2.24, 2.45) is 0 Å². The van der Waals surface area contributed by atoms with Crippen molar-refractivity contribution < 1.29 is 9.47 Å². The summed E-state index contributed by atoms with van der Waals surface area (Å²) in [6.45, 7) is 0. The van der Waals surface area contributed by atoms with Crippen LogP contribution in [0.4, 0.5) is 0 Å². The Balaban J connectivity index is 2.64. The van der Waals surface area contributed by atoms with E-state index in [1.54, 1.807) is 0 Å². The number of hydrogen-bond acceptors (Lipinski definition) is 2. The van der Waals surface area contributed by atoms with Gasteiger partial charge in [-0.1, -0.05) is 24.6 Å². The second kappa shape index (κ2) is 5.78. The van der Waals surface area contributed by atoms with Gasteiger partial charge in [0.15, 0.2) is 0 Å². The minimum absolute atomic E-state index is 0.469. The standard InChI is InChI=1S/C10H7Br3O2/c1-2-14-10(12,13)9(11)15-8-6-4-3-5-7-8/h1,3-7,9H. The molecule has 0 spiro atoms. The molecule has 1 aromatic carbocycles. The molecule has 2 nitrogen and oxygen atoms in total. The molecule has 1 aromatic rings. The van der Waals surface area contributed by atoms with Crippen LogP contribution in [-0.4, -0.2) is 8.43 Å². The molecule has 0 aliphatic heterocycles. The zero-order valence-corrected chi connectivity index (χ0v) is 12.2. The molecule has 0 bridgehead atoms. The van der Waals surface area contributed by atoms with E-state index in [9.17, 15) is 0 Å². The highest BCUT2D eigenvalue weighted by atomic mass is 79.9. The average molecular weight is 399 g/mol. The fourth-order valence-corrected chi connectivity index (χ4v) is 1.50. The van der Waals surface area contributed by atoms with E-state index >= 15 is 0 Å². The Morgan fingerprint density at radius 1 is 1.27 bits per heavy atom. The summed E-state index contributed by atoms with van der Waals surface area (Å²) in [5.41, 5.74) is 0. The van der Waals surface area contributed by atoms with Crippen LogP contribution >= 0.6 is 47.8 Å². The molecule has 0 saturated carbocycles. The van der Waals surface area contributed by atoms with Crippen molar-refractivity contribution in [3.05, 3.63) is 30.3 Å². The first kappa shape index (κ1) is 12.9. The molecule has 80 valence electrons. The lowest BCUT2D eigenvalue weighted by Gasteiger charge is -2.24. The van der Waals surface area contributed by atoms with Crippen molar-refractivity contribution >= 4 is 47.8 Å². The Morgan fingerprint density at radius 2 is 1.87 bits per heavy atom. The highest BCUT2D eigenvalue weighted by Gasteiger charge is 2.35. The van der Waals surface area contributed by atoms with Gasteiger partial charge in [0.05, 0.1) is 0 Å². The van der Waals surface area contributed by atoms with Gasteiger partial charge in [-0.05, 0) is 59.9 Å². The molecule has 1 rings (SSSR count). The second-order valence-electron chi connectivity index (χ2n) is 2.53. The van der Waals surface area contributed by atoms with E-state index in [1.165, 1.54) is 0 Å². The Morgan fingerprint density at radius 3 is 2.40 bits per heavy atom. The van der Waals surface area contributed by atoms with Crippen molar-refractivity contribution in [1.82, 2.24) is 0 Å². The Bertz CT molecular complexity index is 345. The largest absolute Gasteiger partial charge is 0.473 e. The molecule has 0 radical (unpaired) electrons. The molecule has 15 heavy (non-hydrogen) atoms. The number of alkyl halides is 3. The van der Waals surface area contributed by atoms with Crippen LogP contribution in [0.5, 0.6) is 5.75 Å². The second-order valence-corrected chi connectivity index (χ2v) is 6.78. The van der Waals surface area contributed by atoms with Gasteiger partial charge in [-0.25, -0.2) is 0 Å². The molecule has 0 amide bonds. The van der Waals surface area contributed by atoms with Crippen molar-refractivity contribution in [3.63, 3.8) is 0 Å². The first-order valence-corrected chi connectivity index (χ1v) is 6.43. The van der Waals surface area contributed by atoms with Gasteiger partial charge >= 0.3 is 0 Å². The van der Waals surface area contributed by atoms with Crippen molar-refractivity contribution in [1.29, 1.82) is 0 Å². The Labute approximate surface area is 114 Å². The monoisotopic (exact) mass is 396 g/mol. The Kier molecular flexibility index (Phi) is 4.97. The summed E-state index contributed by atoms with van der Waals surface area (Å²) in [7, 11) is 0. The number of rotatable bonds is 4. The van der Waals surface area contributed by atoms with Crippen LogP contribution in [0.3, 0.4) is 0 Å². The van der Waals surface area contributed by atoms with Gasteiger partial charge in [0, 0.05) is 0 Å². The molecule has 0 aromatic heterocycles. The predicted molar refractivity (Wildman–Crippen MR) is 70.3 cm³/mol. The van der Waals surface area contributed by atoms with Gasteiger partial charge in [-0.15, -0.1) is 0 Å². The van der Waals surface area contributed by atoms with Crippen LogP contribution in [0.2, 0.25) is 0 Å². The third-order valence-electron chi connectivity index (χ3n) is 1.44. The minimum Gasteiger partial charge on any atom is -0.473 e. The van der Waals surface area contributed by atoms with Gasteiger partial charge in [0.1, 0.15) is 11.9 Å². The Hall–Kier alpha value is -0.180. The molecule has 0 aliphatic rings. The summed E-state index contributed by atoms with van der Waals surface area (Å²) in [5, 5.41) is -0.469. The lowest BCUT2D eigenvalue weighted by atomic mass is 10.3. The minimum atomic E-state index is -0.954. The molecule has 0 N–H and O–H groups in total. The molecule has 0 aliphatic carbocycles. The van der Waals surface area contributed by atoms with Crippen LogP contribution in [0, 0.1) is 12.5 Å². The zero-order valence-electron chi connectivity index (χ0n) is 7.49. The SMILES string of the molecule is C#COC(Br)(Br)C(Br)Oc1ccccc1. The molecular weight excluding hydrogens is 392 g/mol. The number of para-hydroxylation sites is 1.